The fourth-order valence-corrected chi connectivity index (χ4v) is 2.76. The van der Waals surface area contributed by atoms with Crippen molar-refractivity contribution in [1.82, 2.24) is 20.3 Å². The number of non-ortho nitro benzene ring substituents is 1. The second kappa shape index (κ2) is 8.78. The molecule has 0 atom stereocenters. The summed E-state index contributed by atoms with van der Waals surface area (Å²) in [5, 5.41) is 33.3. The quantitative estimate of drug-likeness (QED) is 0.347. The summed E-state index contributed by atoms with van der Waals surface area (Å²) in [6.45, 7) is 2.06. The van der Waals surface area contributed by atoms with E-state index in [0.717, 1.165) is 0 Å². The van der Waals surface area contributed by atoms with Crippen molar-refractivity contribution >= 4 is 17.3 Å². The number of rotatable bonds is 7. The molecule has 0 spiro atoms. The molecule has 3 rings (SSSR count). The van der Waals surface area contributed by atoms with Gasteiger partial charge >= 0.3 is 0 Å². The highest BCUT2D eigenvalue weighted by Crippen LogP contribution is 2.19. The van der Waals surface area contributed by atoms with Gasteiger partial charge in [-0.1, -0.05) is 17.3 Å². The van der Waals surface area contributed by atoms with Crippen LogP contribution in [0, 0.1) is 34.2 Å². The Morgan fingerprint density at radius 2 is 2.07 bits per heavy atom. The van der Waals surface area contributed by atoms with Gasteiger partial charge in [-0.05, 0) is 25.1 Å². The molecule has 1 aromatic heterocycles. The number of nitro groups is 1. The van der Waals surface area contributed by atoms with Gasteiger partial charge in [-0.3, -0.25) is 14.9 Å². The van der Waals surface area contributed by atoms with Crippen LogP contribution in [0.3, 0.4) is 0 Å². The molecule has 152 valence electrons. The number of nitrogens with zero attached hydrogens (tertiary/aromatic N) is 5. The number of nitriles is 1. The van der Waals surface area contributed by atoms with Crippen LogP contribution in [0.1, 0.15) is 21.7 Å². The molecule has 0 unspecified atom stereocenters. The van der Waals surface area contributed by atoms with Crippen LogP contribution in [0.25, 0.3) is 5.69 Å². The third kappa shape index (κ3) is 4.22. The van der Waals surface area contributed by atoms with Gasteiger partial charge in [0.1, 0.15) is 17.4 Å². The lowest BCUT2D eigenvalue weighted by Gasteiger charge is -2.09. The lowest BCUT2D eigenvalue weighted by atomic mass is 10.2. The van der Waals surface area contributed by atoms with Gasteiger partial charge in [0.15, 0.2) is 5.69 Å². The molecule has 0 aliphatic carbocycles. The number of halogens is 1. The molecule has 0 fully saturated rings. The van der Waals surface area contributed by atoms with E-state index in [1.807, 2.05) is 0 Å². The van der Waals surface area contributed by atoms with E-state index in [-0.39, 0.29) is 30.0 Å². The zero-order chi connectivity index (χ0) is 21.7. The maximum Gasteiger partial charge on any atom is 0.273 e. The Labute approximate surface area is 170 Å². The molecule has 3 aromatic rings. The summed E-state index contributed by atoms with van der Waals surface area (Å²) in [6, 6.07) is 11.8. The minimum atomic E-state index is -0.625. The van der Waals surface area contributed by atoms with E-state index in [1.54, 1.807) is 25.1 Å². The Balaban J connectivity index is 1.64. The number of hydrogen-bond donors (Lipinski definition) is 2. The molecule has 11 heteroatoms. The van der Waals surface area contributed by atoms with E-state index in [9.17, 15) is 19.3 Å². The summed E-state index contributed by atoms with van der Waals surface area (Å²) < 4.78 is 14.9. The molecular formula is C19H16FN7O3. The molecule has 10 nitrogen and oxygen atoms in total. The van der Waals surface area contributed by atoms with Crippen LogP contribution in [0.4, 0.5) is 15.8 Å². The van der Waals surface area contributed by atoms with Gasteiger partial charge < -0.3 is 10.6 Å². The third-order valence-electron chi connectivity index (χ3n) is 4.25. The molecule has 0 saturated carbocycles. The zero-order valence-electron chi connectivity index (χ0n) is 15.8. The molecule has 30 heavy (non-hydrogen) atoms. The predicted molar refractivity (Wildman–Crippen MR) is 105 cm³/mol. The van der Waals surface area contributed by atoms with Crippen LogP contribution < -0.4 is 10.6 Å². The number of hydrogen-bond acceptors (Lipinski definition) is 7. The first-order chi connectivity index (χ1) is 14.4. The Morgan fingerprint density at radius 3 is 2.80 bits per heavy atom. The molecule has 0 radical (unpaired) electrons. The lowest BCUT2D eigenvalue weighted by Crippen LogP contribution is -2.29. The summed E-state index contributed by atoms with van der Waals surface area (Å²) in [4.78, 5) is 22.8. The van der Waals surface area contributed by atoms with E-state index in [0.29, 0.717) is 17.1 Å². The zero-order valence-corrected chi connectivity index (χ0v) is 15.8. The van der Waals surface area contributed by atoms with E-state index in [2.05, 4.69) is 20.9 Å². The lowest BCUT2D eigenvalue weighted by molar-refractivity contribution is -0.384. The molecular weight excluding hydrogens is 393 g/mol. The highest BCUT2D eigenvalue weighted by molar-refractivity contribution is 5.93. The Hall–Kier alpha value is -4.33. The van der Waals surface area contributed by atoms with Gasteiger partial charge in [0.25, 0.3) is 11.6 Å². The molecule has 1 amide bonds. The number of benzene rings is 2. The number of aromatic nitrogens is 3. The van der Waals surface area contributed by atoms with Crippen molar-refractivity contribution in [2.45, 2.75) is 6.92 Å². The second-order valence-corrected chi connectivity index (χ2v) is 6.17. The maximum absolute atomic E-state index is 13.6. The average molecular weight is 409 g/mol. The second-order valence-electron chi connectivity index (χ2n) is 6.17. The van der Waals surface area contributed by atoms with Crippen LogP contribution in [-0.4, -0.2) is 38.9 Å². The number of nitrogens with one attached hydrogen (secondary N) is 2. The number of amides is 1. The van der Waals surface area contributed by atoms with Crippen molar-refractivity contribution < 1.29 is 14.1 Å². The molecule has 0 aliphatic heterocycles. The van der Waals surface area contributed by atoms with Crippen molar-refractivity contribution in [3.8, 4) is 11.8 Å². The molecule has 1 heterocycles. The van der Waals surface area contributed by atoms with Gasteiger partial charge in [0.2, 0.25) is 0 Å². The summed E-state index contributed by atoms with van der Waals surface area (Å²) in [5.74, 6) is -1.11. The summed E-state index contributed by atoms with van der Waals surface area (Å²) in [5.41, 5.74) is 1.03. The average Bonchev–Trinajstić information content (AvgIpc) is 3.12. The SMILES string of the molecule is Cc1c(C(=O)NCCNc2cccc(F)c2C#N)nnn1-c1cccc([N+](=O)[O-])c1. The van der Waals surface area contributed by atoms with Crippen LogP contribution in [0.15, 0.2) is 42.5 Å². The summed E-state index contributed by atoms with van der Waals surface area (Å²) in [6.07, 6.45) is 0. The summed E-state index contributed by atoms with van der Waals surface area (Å²) >= 11 is 0. The minimum absolute atomic E-state index is 0.0741. The fourth-order valence-electron chi connectivity index (χ4n) is 2.76. The van der Waals surface area contributed by atoms with E-state index in [1.165, 1.54) is 35.0 Å². The molecule has 2 N–H and O–H groups in total. The van der Waals surface area contributed by atoms with Crippen molar-refractivity contribution in [3.63, 3.8) is 0 Å². The summed E-state index contributed by atoms with van der Waals surface area (Å²) in [7, 11) is 0. The predicted octanol–water partition coefficient (Wildman–Crippen LogP) is 2.34. The van der Waals surface area contributed by atoms with Crippen molar-refractivity contribution in [1.29, 1.82) is 5.26 Å². The van der Waals surface area contributed by atoms with Crippen LogP contribution in [-0.2, 0) is 0 Å². The molecule has 0 aliphatic rings. The topological polar surface area (TPSA) is 139 Å². The van der Waals surface area contributed by atoms with E-state index < -0.39 is 16.6 Å². The maximum atomic E-state index is 13.6. The normalized spacial score (nSPS) is 10.3. The smallest absolute Gasteiger partial charge is 0.273 e. The highest BCUT2D eigenvalue weighted by atomic mass is 19.1. The standard InChI is InChI=1S/C19H16FN7O3/c1-12-18(24-25-26(12)13-4-2-5-14(10-13)27(29)30)19(28)23-9-8-22-17-7-3-6-16(20)15(17)11-21/h2-7,10,22H,8-9H2,1H3,(H,23,28). The minimum Gasteiger partial charge on any atom is -0.382 e. The first-order valence-corrected chi connectivity index (χ1v) is 8.80. The molecule has 0 saturated heterocycles. The largest absolute Gasteiger partial charge is 0.382 e. The van der Waals surface area contributed by atoms with E-state index in [4.69, 9.17) is 5.26 Å². The first kappa shape index (κ1) is 20.4. The van der Waals surface area contributed by atoms with Crippen LogP contribution in [0.5, 0.6) is 0 Å². The van der Waals surface area contributed by atoms with Gasteiger partial charge in [-0.15, -0.1) is 5.10 Å². The monoisotopic (exact) mass is 409 g/mol. The number of anilines is 1. The van der Waals surface area contributed by atoms with Gasteiger partial charge in [0, 0.05) is 25.2 Å². The van der Waals surface area contributed by atoms with Crippen molar-refractivity contribution in [3.05, 3.63) is 75.3 Å². The Kier molecular flexibility index (Phi) is 5.97. The fraction of sp³-hybridized carbons (Fsp3) is 0.158. The van der Waals surface area contributed by atoms with E-state index >= 15 is 0 Å². The number of carbonyl (C=O) groups excluding carboxylic acids is 1. The van der Waals surface area contributed by atoms with Crippen molar-refractivity contribution in [2.75, 3.05) is 18.4 Å². The van der Waals surface area contributed by atoms with Gasteiger partial charge in [0.05, 0.1) is 22.0 Å². The first-order valence-electron chi connectivity index (χ1n) is 8.80. The Morgan fingerprint density at radius 1 is 1.30 bits per heavy atom. The van der Waals surface area contributed by atoms with Gasteiger partial charge in [-0.2, -0.15) is 5.26 Å². The van der Waals surface area contributed by atoms with Gasteiger partial charge in [-0.25, -0.2) is 9.07 Å². The van der Waals surface area contributed by atoms with Crippen molar-refractivity contribution in [2.24, 2.45) is 0 Å². The highest BCUT2D eigenvalue weighted by Gasteiger charge is 2.18. The molecule has 0 bridgehead atoms. The van der Waals surface area contributed by atoms with Crippen LogP contribution in [0.2, 0.25) is 0 Å². The third-order valence-corrected chi connectivity index (χ3v) is 4.25. The molecule has 2 aromatic carbocycles. The Bertz CT molecular complexity index is 1150. The number of carbonyl (C=O) groups is 1. The van der Waals surface area contributed by atoms with Crippen LogP contribution >= 0.6 is 0 Å². The number of nitro benzene ring substituents is 1.